The second kappa shape index (κ2) is 5.67. The highest BCUT2D eigenvalue weighted by Gasteiger charge is 2.43. The molecular formula is C12H24N2O2S. The molecule has 2 rings (SSSR count). The maximum absolute atomic E-state index is 11.9. The minimum Gasteiger partial charge on any atom is -0.320 e. The minimum atomic E-state index is -3.05. The first-order valence-corrected chi connectivity index (χ1v) is 8.42. The van der Waals surface area contributed by atoms with Crippen LogP contribution in [0.25, 0.3) is 0 Å². The fourth-order valence-corrected chi connectivity index (χ4v) is 3.85. The Morgan fingerprint density at radius 1 is 1.12 bits per heavy atom. The van der Waals surface area contributed by atoms with Gasteiger partial charge >= 0.3 is 0 Å². The molecule has 0 heterocycles. The van der Waals surface area contributed by atoms with E-state index >= 15 is 0 Å². The van der Waals surface area contributed by atoms with Gasteiger partial charge in [0.2, 0.25) is 10.0 Å². The zero-order valence-corrected chi connectivity index (χ0v) is 11.4. The van der Waals surface area contributed by atoms with E-state index in [1.54, 1.807) is 0 Å². The summed E-state index contributed by atoms with van der Waals surface area (Å²) < 4.78 is 26.8. The Kier molecular flexibility index (Phi) is 4.44. The summed E-state index contributed by atoms with van der Waals surface area (Å²) in [4.78, 5) is 0. The van der Waals surface area contributed by atoms with Crippen LogP contribution in [0, 0.1) is 11.8 Å². The first kappa shape index (κ1) is 13.3. The quantitative estimate of drug-likeness (QED) is 0.610. The largest absolute Gasteiger partial charge is 0.320 e. The predicted molar refractivity (Wildman–Crippen MR) is 69.3 cm³/mol. The molecule has 2 aliphatic carbocycles. The lowest BCUT2D eigenvalue weighted by Gasteiger charge is -2.17. The summed E-state index contributed by atoms with van der Waals surface area (Å²) >= 11 is 0. The lowest BCUT2D eigenvalue weighted by atomic mass is 10.1. The number of hydrogen-bond donors (Lipinski definition) is 2. The molecule has 2 N–H and O–H groups in total. The lowest BCUT2D eigenvalue weighted by Crippen LogP contribution is -2.39. The molecule has 4 nitrogen and oxygen atoms in total. The maximum Gasteiger partial charge on any atom is 0.211 e. The zero-order chi connectivity index (χ0) is 12.3. The van der Waals surface area contributed by atoms with Gasteiger partial charge in [0.1, 0.15) is 0 Å². The highest BCUT2D eigenvalue weighted by Crippen LogP contribution is 2.44. The van der Waals surface area contributed by atoms with Crippen LogP contribution in [0.1, 0.15) is 38.5 Å². The maximum atomic E-state index is 11.9. The average Bonchev–Trinajstić information content (AvgIpc) is 3.16. The number of hydrogen-bond acceptors (Lipinski definition) is 3. The van der Waals surface area contributed by atoms with E-state index in [0.29, 0.717) is 11.8 Å². The van der Waals surface area contributed by atoms with Gasteiger partial charge < -0.3 is 5.32 Å². The molecule has 0 atom stereocenters. The molecule has 100 valence electrons. The van der Waals surface area contributed by atoms with Crippen molar-refractivity contribution < 1.29 is 8.42 Å². The van der Waals surface area contributed by atoms with Crippen LogP contribution in [0.4, 0.5) is 0 Å². The summed E-state index contributed by atoms with van der Waals surface area (Å²) in [6.07, 6.45) is 6.52. The van der Waals surface area contributed by atoms with E-state index in [-0.39, 0.29) is 11.8 Å². The second-order valence-electron chi connectivity index (χ2n) is 5.45. The van der Waals surface area contributed by atoms with Crippen LogP contribution in [0.5, 0.6) is 0 Å². The van der Waals surface area contributed by atoms with E-state index in [9.17, 15) is 8.42 Å². The zero-order valence-electron chi connectivity index (χ0n) is 10.6. The van der Waals surface area contributed by atoms with E-state index in [2.05, 4.69) is 10.0 Å². The van der Waals surface area contributed by atoms with Crippen molar-refractivity contribution >= 4 is 10.0 Å². The van der Waals surface area contributed by atoms with Gasteiger partial charge in [0, 0.05) is 6.04 Å². The average molecular weight is 260 g/mol. The van der Waals surface area contributed by atoms with Crippen molar-refractivity contribution in [3.8, 4) is 0 Å². The van der Waals surface area contributed by atoms with Gasteiger partial charge in [-0.05, 0) is 64.0 Å². The van der Waals surface area contributed by atoms with Gasteiger partial charge in [0.05, 0.1) is 5.75 Å². The molecule has 2 aliphatic rings. The minimum absolute atomic E-state index is 0.254. The number of nitrogens with one attached hydrogen (secondary N) is 2. The van der Waals surface area contributed by atoms with E-state index in [0.717, 1.165) is 19.4 Å². The Hall–Kier alpha value is -0.130. The summed E-state index contributed by atoms with van der Waals surface area (Å²) in [6, 6.07) is 0.254. The van der Waals surface area contributed by atoms with E-state index in [4.69, 9.17) is 0 Å². The van der Waals surface area contributed by atoms with Gasteiger partial charge in [-0.25, -0.2) is 13.1 Å². The molecule has 2 saturated carbocycles. The van der Waals surface area contributed by atoms with Crippen LogP contribution in [0.2, 0.25) is 0 Å². The van der Waals surface area contributed by atoms with Crippen molar-refractivity contribution in [2.75, 3.05) is 19.3 Å². The van der Waals surface area contributed by atoms with E-state index in [1.165, 1.54) is 25.7 Å². The van der Waals surface area contributed by atoms with Gasteiger partial charge in [-0.15, -0.1) is 0 Å². The van der Waals surface area contributed by atoms with Crippen LogP contribution >= 0.6 is 0 Å². The van der Waals surface area contributed by atoms with Crippen LogP contribution in [-0.4, -0.2) is 33.8 Å². The topological polar surface area (TPSA) is 58.2 Å². The van der Waals surface area contributed by atoms with Crippen molar-refractivity contribution in [3.05, 3.63) is 0 Å². The standard InChI is InChI=1S/C12H24N2O2S/c1-13-8-2-3-9-17(15,16)14-12(10-4-5-10)11-6-7-11/h10-14H,2-9H2,1H3. The van der Waals surface area contributed by atoms with Gasteiger partial charge in [-0.3, -0.25) is 0 Å². The molecule has 2 fully saturated rings. The molecule has 5 heteroatoms. The SMILES string of the molecule is CNCCCCS(=O)(=O)NC(C1CC1)C1CC1. The Morgan fingerprint density at radius 2 is 1.71 bits per heavy atom. The lowest BCUT2D eigenvalue weighted by molar-refractivity contribution is 0.470. The first-order chi connectivity index (χ1) is 8.12. The predicted octanol–water partition coefficient (Wildman–Crippen LogP) is 1.09. The Morgan fingerprint density at radius 3 is 2.18 bits per heavy atom. The van der Waals surface area contributed by atoms with Crippen molar-refractivity contribution in [2.24, 2.45) is 11.8 Å². The van der Waals surface area contributed by atoms with Crippen molar-refractivity contribution in [1.29, 1.82) is 0 Å². The molecule has 0 aliphatic heterocycles. The summed E-state index contributed by atoms with van der Waals surface area (Å²) in [5.41, 5.74) is 0. The van der Waals surface area contributed by atoms with Crippen molar-refractivity contribution in [3.63, 3.8) is 0 Å². The summed E-state index contributed by atoms with van der Waals surface area (Å²) in [5, 5.41) is 3.04. The number of sulfonamides is 1. The van der Waals surface area contributed by atoms with Crippen molar-refractivity contribution in [2.45, 2.75) is 44.6 Å². The molecule has 0 bridgehead atoms. The normalized spacial score (nSPS) is 21.1. The third kappa shape index (κ3) is 4.56. The first-order valence-electron chi connectivity index (χ1n) is 6.77. The van der Waals surface area contributed by atoms with Crippen molar-refractivity contribution in [1.82, 2.24) is 10.0 Å². The summed E-state index contributed by atoms with van der Waals surface area (Å²) in [5.74, 6) is 1.55. The molecule has 0 amide bonds. The molecule has 0 radical (unpaired) electrons. The second-order valence-corrected chi connectivity index (χ2v) is 7.32. The number of rotatable bonds is 9. The molecule has 0 saturated heterocycles. The van der Waals surface area contributed by atoms with Gasteiger partial charge in [-0.2, -0.15) is 0 Å². The molecule has 0 unspecified atom stereocenters. The van der Waals surface area contributed by atoms with Crippen LogP contribution < -0.4 is 10.0 Å². The molecule has 0 aromatic rings. The molecule has 0 spiro atoms. The molecule has 17 heavy (non-hydrogen) atoms. The highest BCUT2D eigenvalue weighted by molar-refractivity contribution is 7.89. The van der Waals surface area contributed by atoms with E-state index < -0.39 is 10.0 Å². The van der Waals surface area contributed by atoms with E-state index in [1.807, 2.05) is 7.05 Å². The third-order valence-corrected chi connectivity index (χ3v) is 5.12. The fraction of sp³-hybridized carbons (Fsp3) is 1.00. The monoisotopic (exact) mass is 260 g/mol. The van der Waals surface area contributed by atoms with Gasteiger partial charge in [0.15, 0.2) is 0 Å². The number of unbranched alkanes of at least 4 members (excludes halogenated alkanes) is 1. The fourth-order valence-electron chi connectivity index (χ4n) is 2.35. The Bertz CT molecular complexity index is 322. The third-order valence-electron chi connectivity index (χ3n) is 3.67. The summed E-state index contributed by atoms with van der Waals surface area (Å²) in [6.45, 7) is 0.893. The Balaban J connectivity index is 1.74. The summed E-state index contributed by atoms with van der Waals surface area (Å²) in [7, 11) is -1.16. The molecule has 0 aromatic carbocycles. The van der Waals surface area contributed by atoms with Crippen LogP contribution in [-0.2, 0) is 10.0 Å². The Labute approximate surface area is 105 Å². The van der Waals surface area contributed by atoms with Gasteiger partial charge in [0.25, 0.3) is 0 Å². The van der Waals surface area contributed by atoms with Crippen LogP contribution in [0.15, 0.2) is 0 Å². The smallest absolute Gasteiger partial charge is 0.211 e. The van der Waals surface area contributed by atoms with Gasteiger partial charge in [-0.1, -0.05) is 0 Å². The molecule has 0 aromatic heterocycles. The van der Waals surface area contributed by atoms with Crippen LogP contribution in [0.3, 0.4) is 0 Å². The molecular weight excluding hydrogens is 236 g/mol. The highest BCUT2D eigenvalue weighted by atomic mass is 32.2.